The van der Waals surface area contributed by atoms with Crippen LogP contribution >= 0.6 is 7.60 Å². The van der Waals surface area contributed by atoms with Gasteiger partial charge >= 0.3 is 0 Å². The zero-order valence-corrected chi connectivity index (χ0v) is 10.5. The molecule has 0 fully saturated rings. The van der Waals surface area contributed by atoms with Crippen molar-refractivity contribution in [2.24, 2.45) is 4.99 Å². The zero-order chi connectivity index (χ0) is 12.0. The number of rotatable bonds is 0. The summed E-state index contributed by atoms with van der Waals surface area (Å²) >= 11 is 0. The summed E-state index contributed by atoms with van der Waals surface area (Å²) in [6.45, 7) is 0.743. The van der Waals surface area contributed by atoms with Crippen LogP contribution in [0, 0.1) is 0 Å². The van der Waals surface area contributed by atoms with E-state index in [9.17, 15) is 9.46 Å². The van der Waals surface area contributed by atoms with E-state index in [4.69, 9.17) is 4.89 Å². The Balaban J connectivity index is 0. The zero-order valence-electron chi connectivity index (χ0n) is 9.61. The van der Waals surface area contributed by atoms with Crippen LogP contribution in [-0.4, -0.2) is 57.2 Å². The molecule has 0 amide bonds. The first-order valence-electron chi connectivity index (χ1n) is 4.00. The Hall–Kier alpha value is -0.420. The first-order valence-corrected chi connectivity index (χ1v) is 6.02. The van der Waals surface area contributed by atoms with Gasteiger partial charge in [-0.05, 0) is 0 Å². The van der Waals surface area contributed by atoms with Crippen molar-refractivity contribution < 1.29 is 18.8 Å². The molecule has 0 rings (SSSR count). The minimum Gasteiger partial charge on any atom is -0.779 e. The number of aliphatic imine (C=N–C) groups is 1. The molecule has 0 radical (unpaired) electrons. The van der Waals surface area contributed by atoms with Crippen molar-refractivity contribution in [1.82, 2.24) is 5.32 Å². The first kappa shape index (κ1) is 16.0. The normalized spacial score (nSPS) is 16.4. The maximum absolute atomic E-state index is 9.22. The van der Waals surface area contributed by atoms with Crippen LogP contribution in [0.15, 0.2) is 4.99 Å². The van der Waals surface area contributed by atoms with Crippen LogP contribution in [-0.2, 0) is 4.57 Å². The molecule has 6 nitrogen and oxygen atoms in total. The SMILES string of the molecule is CN=C(NC)[N+](C)(C)C.CP(=O)([O-])O. The van der Waals surface area contributed by atoms with Gasteiger partial charge in [-0.25, -0.2) is 4.99 Å². The lowest BCUT2D eigenvalue weighted by Crippen LogP contribution is -2.48. The van der Waals surface area contributed by atoms with E-state index in [1.54, 1.807) is 7.05 Å². The fourth-order valence-electron chi connectivity index (χ4n) is 0.747. The molecule has 0 heterocycles. The predicted octanol–water partition coefficient (Wildman–Crippen LogP) is -0.940. The number of nitrogens with zero attached hydrogens (tertiary/aromatic N) is 2. The fraction of sp³-hybridized carbons (Fsp3) is 0.857. The highest BCUT2D eigenvalue weighted by molar-refractivity contribution is 7.49. The minimum absolute atomic E-state index is 0.743. The van der Waals surface area contributed by atoms with Crippen molar-refractivity contribution >= 4 is 13.6 Å². The van der Waals surface area contributed by atoms with Gasteiger partial charge in [-0.15, -0.1) is 0 Å². The Bertz CT molecular complexity index is 221. The smallest absolute Gasteiger partial charge is 0.296 e. The Kier molecular flexibility index (Phi) is 7.02. The largest absolute Gasteiger partial charge is 0.779 e. The second kappa shape index (κ2) is 6.14. The molecule has 14 heavy (non-hydrogen) atoms. The lowest BCUT2D eigenvalue weighted by Gasteiger charge is -2.23. The molecule has 0 aliphatic rings. The van der Waals surface area contributed by atoms with E-state index in [-0.39, 0.29) is 0 Å². The highest BCUT2D eigenvalue weighted by Gasteiger charge is 2.13. The number of quaternary nitrogens is 1. The van der Waals surface area contributed by atoms with E-state index in [2.05, 4.69) is 31.5 Å². The van der Waals surface area contributed by atoms with Crippen LogP contribution in [0.1, 0.15) is 0 Å². The van der Waals surface area contributed by atoms with Crippen LogP contribution in [0.4, 0.5) is 0 Å². The number of guanidine groups is 1. The molecule has 0 aromatic heterocycles. The summed E-state index contributed by atoms with van der Waals surface area (Å²) in [6.07, 6.45) is 0. The van der Waals surface area contributed by atoms with Crippen LogP contribution in [0.5, 0.6) is 0 Å². The third-order valence-corrected chi connectivity index (χ3v) is 1.07. The number of nitrogens with one attached hydrogen (secondary N) is 1. The van der Waals surface area contributed by atoms with Gasteiger partial charge < -0.3 is 19.7 Å². The van der Waals surface area contributed by atoms with E-state index in [0.29, 0.717) is 0 Å². The molecule has 0 saturated carbocycles. The monoisotopic (exact) mass is 225 g/mol. The molecular formula is C7H20N3O3P. The van der Waals surface area contributed by atoms with Gasteiger partial charge in [0.2, 0.25) is 0 Å². The van der Waals surface area contributed by atoms with Crippen LogP contribution in [0.25, 0.3) is 0 Å². The molecule has 0 aromatic carbocycles. The van der Waals surface area contributed by atoms with Crippen LogP contribution < -0.4 is 10.2 Å². The Morgan fingerprint density at radius 2 is 1.79 bits per heavy atom. The van der Waals surface area contributed by atoms with Gasteiger partial charge in [-0.1, -0.05) is 0 Å². The maximum Gasteiger partial charge on any atom is 0.296 e. The molecule has 0 saturated heterocycles. The molecule has 1 unspecified atom stereocenters. The number of hydrogen-bond acceptors (Lipinski definition) is 3. The van der Waals surface area contributed by atoms with E-state index in [1.807, 2.05) is 7.05 Å². The second-order valence-corrected chi connectivity index (χ2v) is 5.22. The summed E-state index contributed by atoms with van der Waals surface area (Å²) in [6, 6.07) is 0. The molecule has 0 aliphatic heterocycles. The lowest BCUT2D eigenvalue weighted by molar-refractivity contribution is -0.779. The Morgan fingerprint density at radius 1 is 1.50 bits per heavy atom. The molecule has 7 heteroatoms. The highest BCUT2D eigenvalue weighted by atomic mass is 31.2. The molecule has 2 N–H and O–H groups in total. The number of hydrogen-bond donors (Lipinski definition) is 2. The standard InChI is InChI=1S/C6H16N3.CH5O3P/c1-7-6(8-2)9(3,4)5;1-5(2,3)4/h1-5H3,(H,7,8);1H3,(H2,2,3,4)/q+1;/p-1. The van der Waals surface area contributed by atoms with E-state index >= 15 is 0 Å². The summed E-state index contributed by atoms with van der Waals surface area (Å²) in [5.74, 6) is 0.981. The molecule has 86 valence electrons. The molecule has 0 bridgehead atoms. The van der Waals surface area contributed by atoms with Gasteiger partial charge in [-0.2, -0.15) is 0 Å². The summed E-state index contributed by atoms with van der Waals surface area (Å²) in [5, 5.41) is 3.01. The van der Waals surface area contributed by atoms with Gasteiger partial charge in [0.05, 0.1) is 21.1 Å². The Morgan fingerprint density at radius 3 is 1.79 bits per heavy atom. The lowest BCUT2D eigenvalue weighted by atomic mass is 10.6. The minimum atomic E-state index is -3.89. The van der Waals surface area contributed by atoms with Crippen molar-refractivity contribution in [2.45, 2.75) is 0 Å². The molecule has 0 aliphatic carbocycles. The van der Waals surface area contributed by atoms with Gasteiger partial charge in [0, 0.05) is 20.8 Å². The quantitative estimate of drug-likeness (QED) is 0.241. The Labute approximate surface area is 85.4 Å². The molecular weight excluding hydrogens is 205 g/mol. The third-order valence-electron chi connectivity index (χ3n) is 1.07. The van der Waals surface area contributed by atoms with Crippen molar-refractivity contribution in [1.29, 1.82) is 0 Å². The molecule has 0 spiro atoms. The molecule has 1 atom stereocenters. The van der Waals surface area contributed by atoms with E-state index < -0.39 is 7.60 Å². The van der Waals surface area contributed by atoms with Crippen LogP contribution in [0.3, 0.4) is 0 Å². The first-order chi connectivity index (χ1) is 6.02. The van der Waals surface area contributed by atoms with E-state index in [0.717, 1.165) is 17.1 Å². The second-order valence-electron chi connectivity index (χ2n) is 3.61. The average molecular weight is 225 g/mol. The van der Waals surface area contributed by atoms with Crippen molar-refractivity contribution in [3.63, 3.8) is 0 Å². The van der Waals surface area contributed by atoms with E-state index in [1.165, 1.54) is 0 Å². The summed E-state index contributed by atoms with van der Waals surface area (Å²) < 4.78 is 9.96. The van der Waals surface area contributed by atoms with Crippen molar-refractivity contribution in [2.75, 3.05) is 41.9 Å². The van der Waals surface area contributed by atoms with Gasteiger partial charge in [0.25, 0.3) is 5.96 Å². The summed E-state index contributed by atoms with van der Waals surface area (Å²) in [4.78, 5) is 20.8. The fourth-order valence-corrected chi connectivity index (χ4v) is 0.747. The third kappa shape index (κ3) is 14.1. The van der Waals surface area contributed by atoms with Crippen LogP contribution in [0.2, 0.25) is 0 Å². The van der Waals surface area contributed by atoms with Crippen molar-refractivity contribution in [3.05, 3.63) is 0 Å². The van der Waals surface area contributed by atoms with Gasteiger partial charge in [-0.3, -0.25) is 4.48 Å². The predicted molar refractivity (Wildman–Crippen MR) is 56.2 cm³/mol. The topological polar surface area (TPSA) is 84.8 Å². The molecule has 0 aromatic rings. The maximum atomic E-state index is 9.22. The van der Waals surface area contributed by atoms with Crippen molar-refractivity contribution in [3.8, 4) is 0 Å². The highest BCUT2D eigenvalue weighted by Crippen LogP contribution is 2.19. The van der Waals surface area contributed by atoms with Gasteiger partial charge in [0.1, 0.15) is 7.60 Å². The summed E-state index contributed by atoms with van der Waals surface area (Å²) in [7, 11) is 5.98. The summed E-state index contributed by atoms with van der Waals surface area (Å²) in [5.41, 5.74) is 0. The van der Waals surface area contributed by atoms with Gasteiger partial charge in [0.15, 0.2) is 0 Å². The average Bonchev–Trinajstić information content (AvgIpc) is 1.82.